The molecular weight excluding hydrogens is 232 g/mol. The van der Waals surface area contributed by atoms with E-state index in [1.807, 2.05) is 0 Å². The van der Waals surface area contributed by atoms with Crippen molar-refractivity contribution in [3.8, 4) is 0 Å². The maximum absolute atomic E-state index is 6.39. The maximum atomic E-state index is 6.39. The Kier molecular flexibility index (Phi) is 5.70. The Morgan fingerprint density at radius 1 is 1.11 bits per heavy atom. The van der Waals surface area contributed by atoms with Crippen molar-refractivity contribution in [2.45, 2.75) is 65.3 Å². The normalized spacial score (nSPS) is 41.4. The molecule has 1 aliphatic heterocycles. The van der Waals surface area contributed by atoms with Crippen LogP contribution in [0.15, 0.2) is 0 Å². The molecule has 2 aliphatic rings. The smallest absolute Gasteiger partial charge is 0.00795 e. The Labute approximate surface area is 120 Å². The number of hydrogen-bond acceptors (Lipinski definition) is 2. The highest BCUT2D eigenvalue weighted by atomic mass is 15.1. The highest BCUT2D eigenvalue weighted by Crippen LogP contribution is 2.33. The van der Waals surface area contributed by atoms with Gasteiger partial charge in [-0.1, -0.05) is 33.6 Å². The third-order valence-electron chi connectivity index (χ3n) is 5.76. The molecule has 1 saturated carbocycles. The van der Waals surface area contributed by atoms with Crippen molar-refractivity contribution in [1.29, 1.82) is 0 Å². The Morgan fingerprint density at radius 2 is 1.89 bits per heavy atom. The van der Waals surface area contributed by atoms with E-state index in [9.17, 15) is 0 Å². The molecule has 2 fully saturated rings. The molecule has 0 amide bonds. The fourth-order valence-electron chi connectivity index (χ4n) is 4.11. The van der Waals surface area contributed by atoms with Gasteiger partial charge in [0.25, 0.3) is 0 Å². The molecule has 2 rings (SSSR count). The molecule has 2 heteroatoms. The average molecular weight is 266 g/mol. The van der Waals surface area contributed by atoms with E-state index >= 15 is 0 Å². The van der Waals surface area contributed by atoms with E-state index in [4.69, 9.17) is 5.73 Å². The second kappa shape index (κ2) is 7.08. The van der Waals surface area contributed by atoms with Crippen molar-refractivity contribution in [2.75, 3.05) is 19.6 Å². The van der Waals surface area contributed by atoms with Gasteiger partial charge in [-0.25, -0.2) is 0 Å². The maximum Gasteiger partial charge on any atom is 0.00795 e. The summed E-state index contributed by atoms with van der Waals surface area (Å²) in [5, 5.41) is 0. The lowest BCUT2D eigenvalue weighted by atomic mass is 9.76. The summed E-state index contributed by atoms with van der Waals surface area (Å²) in [6, 6.07) is 0.461. The van der Waals surface area contributed by atoms with Crippen LogP contribution in [0.3, 0.4) is 0 Å². The molecule has 0 spiro atoms. The van der Waals surface area contributed by atoms with Crippen molar-refractivity contribution in [3.05, 3.63) is 0 Å². The van der Waals surface area contributed by atoms with Gasteiger partial charge in [0.15, 0.2) is 0 Å². The zero-order valence-electron chi connectivity index (χ0n) is 13.3. The first kappa shape index (κ1) is 15.3. The van der Waals surface area contributed by atoms with Crippen LogP contribution in [0.4, 0.5) is 0 Å². The zero-order valence-corrected chi connectivity index (χ0v) is 13.3. The number of rotatable bonds is 4. The van der Waals surface area contributed by atoms with Crippen molar-refractivity contribution in [3.63, 3.8) is 0 Å². The quantitative estimate of drug-likeness (QED) is 0.844. The van der Waals surface area contributed by atoms with E-state index in [0.717, 1.165) is 23.7 Å². The van der Waals surface area contributed by atoms with Gasteiger partial charge >= 0.3 is 0 Å². The highest BCUT2D eigenvalue weighted by molar-refractivity contribution is 4.86. The van der Waals surface area contributed by atoms with Gasteiger partial charge in [0.1, 0.15) is 0 Å². The molecule has 1 aliphatic carbocycles. The van der Waals surface area contributed by atoms with E-state index in [-0.39, 0.29) is 0 Å². The number of nitrogens with zero attached hydrogens (tertiary/aromatic N) is 1. The van der Waals surface area contributed by atoms with Crippen LogP contribution >= 0.6 is 0 Å². The van der Waals surface area contributed by atoms with Gasteiger partial charge in [-0.15, -0.1) is 0 Å². The first-order valence-corrected chi connectivity index (χ1v) is 8.58. The summed E-state index contributed by atoms with van der Waals surface area (Å²) in [4.78, 5) is 2.70. The molecule has 0 aromatic carbocycles. The number of hydrogen-bond donors (Lipinski definition) is 1. The second-order valence-corrected chi connectivity index (χ2v) is 7.39. The summed E-state index contributed by atoms with van der Waals surface area (Å²) in [6.07, 6.45) is 8.15. The van der Waals surface area contributed by atoms with Crippen LogP contribution < -0.4 is 5.73 Å². The molecule has 5 atom stereocenters. The van der Waals surface area contributed by atoms with Crippen molar-refractivity contribution in [1.82, 2.24) is 4.90 Å². The Morgan fingerprint density at radius 3 is 2.58 bits per heavy atom. The summed E-state index contributed by atoms with van der Waals surface area (Å²) >= 11 is 0. The summed E-state index contributed by atoms with van der Waals surface area (Å²) in [6.45, 7) is 11.0. The molecule has 112 valence electrons. The van der Waals surface area contributed by atoms with Gasteiger partial charge in [0.05, 0.1) is 0 Å². The fourth-order valence-corrected chi connectivity index (χ4v) is 4.11. The third kappa shape index (κ3) is 4.19. The largest absolute Gasteiger partial charge is 0.327 e. The lowest BCUT2D eigenvalue weighted by Crippen LogP contribution is -2.47. The predicted molar refractivity (Wildman–Crippen MR) is 83.1 cm³/mol. The molecule has 0 aromatic rings. The van der Waals surface area contributed by atoms with Gasteiger partial charge in [-0.2, -0.15) is 0 Å². The minimum atomic E-state index is 0.461. The minimum Gasteiger partial charge on any atom is -0.327 e. The van der Waals surface area contributed by atoms with Gasteiger partial charge < -0.3 is 10.6 Å². The summed E-state index contributed by atoms with van der Waals surface area (Å²) < 4.78 is 0. The molecule has 0 radical (unpaired) electrons. The van der Waals surface area contributed by atoms with Crippen molar-refractivity contribution < 1.29 is 0 Å². The molecule has 2 N–H and O–H groups in total. The summed E-state index contributed by atoms with van der Waals surface area (Å²) in [5.41, 5.74) is 6.39. The van der Waals surface area contributed by atoms with Crippen molar-refractivity contribution in [2.24, 2.45) is 29.4 Å². The average Bonchev–Trinajstić information content (AvgIpc) is 2.38. The standard InChI is InChI=1S/C17H34N2/c1-4-5-15-6-7-17(18)16(10-15)12-19-9-8-13(2)14(3)11-19/h13-17H,4-12,18H2,1-3H3. The van der Waals surface area contributed by atoms with E-state index in [0.29, 0.717) is 6.04 Å². The van der Waals surface area contributed by atoms with Gasteiger partial charge in [0, 0.05) is 19.1 Å². The number of likely N-dealkylation sites (tertiary alicyclic amines) is 1. The molecule has 0 bridgehead atoms. The van der Waals surface area contributed by atoms with Crippen LogP contribution in [0, 0.1) is 23.7 Å². The number of piperidine rings is 1. The predicted octanol–water partition coefficient (Wildman–Crippen LogP) is 3.51. The summed E-state index contributed by atoms with van der Waals surface area (Å²) in [5.74, 6) is 3.48. The third-order valence-corrected chi connectivity index (χ3v) is 5.76. The molecular formula is C17H34N2. The number of nitrogens with two attached hydrogens (primary N) is 1. The topological polar surface area (TPSA) is 29.3 Å². The van der Waals surface area contributed by atoms with Crippen LogP contribution in [0.2, 0.25) is 0 Å². The minimum absolute atomic E-state index is 0.461. The van der Waals surface area contributed by atoms with Crippen LogP contribution in [-0.2, 0) is 0 Å². The molecule has 5 unspecified atom stereocenters. The SMILES string of the molecule is CCCC1CCC(N)C(CN2CCC(C)C(C)C2)C1. The van der Waals surface area contributed by atoms with Gasteiger partial charge in [0.2, 0.25) is 0 Å². The summed E-state index contributed by atoms with van der Waals surface area (Å²) in [7, 11) is 0. The Bertz CT molecular complexity index is 266. The van der Waals surface area contributed by atoms with Crippen molar-refractivity contribution >= 4 is 0 Å². The zero-order chi connectivity index (χ0) is 13.8. The molecule has 0 aromatic heterocycles. The van der Waals surface area contributed by atoms with E-state index in [2.05, 4.69) is 25.7 Å². The highest BCUT2D eigenvalue weighted by Gasteiger charge is 2.31. The first-order valence-electron chi connectivity index (χ1n) is 8.58. The van der Waals surface area contributed by atoms with Crippen LogP contribution in [0.5, 0.6) is 0 Å². The first-order chi connectivity index (χ1) is 9.10. The lowest BCUT2D eigenvalue weighted by molar-refractivity contribution is 0.0937. The fraction of sp³-hybridized carbons (Fsp3) is 1.00. The Balaban J connectivity index is 1.83. The van der Waals surface area contributed by atoms with E-state index in [1.165, 1.54) is 58.2 Å². The van der Waals surface area contributed by atoms with Crippen LogP contribution in [0.25, 0.3) is 0 Å². The molecule has 1 saturated heterocycles. The lowest BCUT2D eigenvalue weighted by Gasteiger charge is -2.41. The van der Waals surface area contributed by atoms with E-state index < -0.39 is 0 Å². The van der Waals surface area contributed by atoms with E-state index in [1.54, 1.807) is 0 Å². The van der Waals surface area contributed by atoms with Gasteiger partial charge in [-0.05, 0) is 55.9 Å². The molecule has 2 nitrogen and oxygen atoms in total. The van der Waals surface area contributed by atoms with Gasteiger partial charge in [-0.3, -0.25) is 0 Å². The monoisotopic (exact) mass is 266 g/mol. The van der Waals surface area contributed by atoms with Crippen LogP contribution in [-0.4, -0.2) is 30.6 Å². The Hall–Kier alpha value is -0.0800. The second-order valence-electron chi connectivity index (χ2n) is 7.39. The van der Waals surface area contributed by atoms with Crippen LogP contribution in [0.1, 0.15) is 59.3 Å². The molecule has 1 heterocycles. The molecule has 19 heavy (non-hydrogen) atoms.